The molecule has 17 heavy (non-hydrogen) atoms. The molecule has 2 aliphatic rings. The van der Waals surface area contributed by atoms with Gasteiger partial charge in [0.15, 0.2) is 0 Å². The maximum absolute atomic E-state index is 11.0. The van der Waals surface area contributed by atoms with Crippen LogP contribution in [0.4, 0.5) is 0 Å². The molecule has 0 aromatic carbocycles. The predicted molar refractivity (Wildman–Crippen MR) is 68.4 cm³/mol. The van der Waals surface area contributed by atoms with Crippen molar-refractivity contribution >= 4 is 5.97 Å². The molecule has 0 saturated heterocycles. The van der Waals surface area contributed by atoms with Crippen LogP contribution in [0.3, 0.4) is 0 Å². The predicted octanol–water partition coefficient (Wildman–Crippen LogP) is 3.49. The van der Waals surface area contributed by atoms with E-state index >= 15 is 0 Å². The molecule has 1 saturated carbocycles. The number of carbonyl (C=O) groups is 1. The molecule has 0 aromatic heterocycles. The van der Waals surface area contributed by atoms with Crippen molar-refractivity contribution in [2.24, 2.45) is 17.8 Å². The van der Waals surface area contributed by atoms with Crippen LogP contribution in [0.25, 0.3) is 0 Å². The first-order valence-corrected chi connectivity index (χ1v) is 6.52. The number of hydrogen-bond acceptors (Lipinski definition) is 2. The first kappa shape index (κ1) is 12.4. The maximum atomic E-state index is 11.0. The molecule has 1 fully saturated rings. The maximum Gasteiger partial charge on any atom is 0.303 e. The Morgan fingerprint density at radius 2 is 2.24 bits per heavy atom. The highest BCUT2D eigenvalue weighted by atomic mass is 16.6. The van der Waals surface area contributed by atoms with Gasteiger partial charge in [0.05, 0.1) is 0 Å². The van der Waals surface area contributed by atoms with Crippen LogP contribution in [0.1, 0.15) is 40.5 Å². The Morgan fingerprint density at radius 3 is 2.82 bits per heavy atom. The summed E-state index contributed by atoms with van der Waals surface area (Å²) in [7, 11) is 0. The molecule has 0 aliphatic heterocycles. The first-order chi connectivity index (χ1) is 7.93. The molecule has 2 heteroatoms. The van der Waals surface area contributed by atoms with E-state index in [0.29, 0.717) is 5.92 Å². The van der Waals surface area contributed by atoms with Crippen molar-refractivity contribution in [3.8, 4) is 0 Å². The van der Waals surface area contributed by atoms with Crippen LogP contribution >= 0.6 is 0 Å². The number of hydrogen-bond donors (Lipinski definition) is 0. The van der Waals surface area contributed by atoms with Crippen molar-refractivity contribution in [2.75, 3.05) is 0 Å². The minimum atomic E-state index is -0.468. The Kier molecular flexibility index (Phi) is 3.15. The van der Waals surface area contributed by atoms with Crippen LogP contribution < -0.4 is 0 Å². The van der Waals surface area contributed by atoms with Gasteiger partial charge in [-0.2, -0.15) is 0 Å². The molecule has 0 N–H and O–H groups in total. The van der Waals surface area contributed by atoms with Crippen LogP contribution in [0.2, 0.25) is 0 Å². The summed E-state index contributed by atoms with van der Waals surface area (Å²) in [6, 6.07) is 0. The van der Waals surface area contributed by atoms with Gasteiger partial charge in [-0.05, 0) is 44.6 Å². The van der Waals surface area contributed by atoms with Gasteiger partial charge >= 0.3 is 5.97 Å². The van der Waals surface area contributed by atoms with Gasteiger partial charge in [-0.15, -0.1) is 0 Å². The molecular weight excluding hydrogens is 212 g/mol. The van der Waals surface area contributed by atoms with E-state index in [1.807, 2.05) is 13.8 Å². The van der Waals surface area contributed by atoms with E-state index in [-0.39, 0.29) is 5.97 Å². The van der Waals surface area contributed by atoms with Gasteiger partial charge < -0.3 is 4.74 Å². The van der Waals surface area contributed by atoms with E-state index in [4.69, 9.17) is 4.74 Å². The van der Waals surface area contributed by atoms with Crippen LogP contribution in [0.5, 0.6) is 0 Å². The lowest BCUT2D eigenvalue weighted by atomic mass is 9.66. The number of esters is 1. The molecule has 2 rings (SSSR count). The molecule has 3 atom stereocenters. The zero-order chi connectivity index (χ0) is 12.6. The summed E-state index contributed by atoms with van der Waals surface area (Å²) in [4.78, 5) is 11.0. The molecule has 0 heterocycles. The highest BCUT2D eigenvalue weighted by Gasteiger charge is 2.42. The second-order valence-electron chi connectivity index (χ2n) is 5.77. The molecule has 2 aliphatic carbocycles. The fourth-order valence-electron chi connectivity index (χ4n) is 3.18. The van der Waals surface area contributed by atoms with Gasteiger partial charge in [-0.25, -0.2) is 0 Å². The SMILES string of the molecule is CCC1C=C[C@H]2C(=CC(C)(C)OC(C)=O)C[C@@H]12. The minimum Gasteiger partial charge on any atom is -0.456 e. The monoisotopic (exact) mass is 234 g/mol. The topological polar surface area (TPSA) is 26.3 Å². The normalized spacial score (nSPS) is 33.4. The summed E-state index contributed by atoms with van der Waals surface area (Å²) < 4.78 is 5.31. The lowest BCUT2D eigenvalue weighted by Crippen LogP contribution is -2.32. The van der Waals surface area contributed by atoms with Gasteiger partial charge in [0.2, 0.25) is 0 Å². The number of allylic oxidation sites excluding steroid dienone is 3. The average molecular weight is 234 g/mol. The van der Waals surface area contributed by atoms with E-state index in [1.165, 1.54) is 25.3 Å². The Balaban J connectivity index is 2.02. The molecule has 0 radical (unpaired) electrons. The fraction of sp³-hybridized carbons (Fsp3) is 0.667. The standard InChI is InChI=1S/C15H22O2/c1-5-11-6-7-13-12(8-14(11)13)9-15(3,4)17-10(2)16/h6-7,9,11,13-14H,5,8H2,1-4H3/t11?,13-,14-/m0/s1. The van der Waals surface area contributed by atoms with E-state index in [2.05, 4.69) is 25.2 Å². The van der Waals surface area contributed by atoms with Gasteiger partial charge in [0, 0.05) is 12.8 Å². The van der Waals surface area contributed by atoms with Crippen LogP contribution in [-0.4, -0.2) is 11.6 Å². The summed E-state index contributed by atoms with van der Waals surface area (Å²) in [5.74, 6) is 1.96. The van der Waals surface area contributed by atoms with E-state index < -0.39 is 5.60 Å². The van der Waals surface area contributed by atoms with E-state index in [1.54, 1.807) is 0 Å². The summed E-state index contributed by atoms with van der Waals surface area (Å²) >= 11 is 0. The second-order valence-corrected chi connectivity index (χ2v) is 5.77. The van der Waals surface area contributed by atoms with E-state index in [9.17, 15) is 4.79 Å². The molecule has 1 unspecified atom stereocenters. The van der Waals surface area contributed by atoms with Crippen molar-refractivity contribution in [1.82, 2.24) is 0 Å². The van der Waals surface area contributed by atoms with Crippen LogP contribution in [-0.2, 0) is 9.53 Å². The summed E-state index contributed by atoms with van der Waals surface area (Å²) in [6.07, 6.45) is 9.23. The molecule has 94 valence electrons. The fourth-order valence-corrected chi connectivity index (χ4v) is 3.18. The third kappa shape index (κ3) is 2.46. The van der Waals surface area contributed by atoms with Gasteiger partial charge in [0.1, 0.15) is 5.60 Å². The van der Waals surface area contributed by atoms with Crippen molar-refractivity contribution in [2.45, 2.75) is 46.1 Å². The van der Waals surface area contributed by atoms with Crippen molar-refractivity contribution in [3.05, 3.63) is 23.8 Å². The van der Waals surface area contributed by atoms with Gasteiger partial charge in [0.25, 0.3) is 0 Å². The van der Waals surface area contributed by atoms with Crippen molar-refractivity contribution in [3.63, 3.8) is 0 Å². The van der Waals surface area contributed by atoms with Crippen LogP contribution in [0.15, 0.2) is 23.8 Å². The zero-order valence-corrected chi connectivity index (χ0v) is 11.2. The molecule has 2 nitrogen and oxygen atoms in total. The lowest BCUT2D eigenvalue weighted by molar-refractivity contribution is -0.149. The third-order valence-electron chi connectivity index (χ3n) is 3.89. The van der Waals surface area contributed by atoms with Gasteiger partial charge in [-0.1, -0.05) is 24.6 Å². The highest BCUT2D eigenvalue weighted by molar-refractivity contribution is 5.66. The summed E-state index contributed by atoms with van der Waals surface area (Å²) in [5, 5.41) is 0. The number of rotatable bonds is 3. The van der Waals surface area contributed by atoms with Gasteiger partial charge in [-0.3, -0.25) is 4.79 Å². The highest BCUT2D eigenvalue weighted by Crippen LogP contribution is 2.51. The molecular formula is C15H22O2. The summed E-state index contributed by atoms with van der Waals surface area (Å²) in [5.41, 5.74) is 0.970. The van der Waals surface area contributed by atoms with Crippen molar-refractivity contribution in [1.29, 1.82) is 0 Å². The molecule has 0 aromatic rings. The Hall–Kier alpha value is -1.05. The second kappa shape index (κ2) is 4.32. The average Bonchev–Trinajstić information content (AvgIpc) is 2.49. The Labute approximate surface area is 104 Å². The number of carbonyl (C=O) groups excluding carboxylic acids is 1. The Morgan fingerprint density at radius 1 is 1.53 bits per heavy atom. The van der Waals surface area contributed by atoms with Crippen LogP contribution in [0, 0.1) is 17.8 Å². The first-order valence-electron chi connectivity index (χ1n) is 6.52. The largest absolute Gasteiger partial charge is 0.456 e. The number of ether oxygens (including phenoxy) is 1. The summed E-state index contributed by atoms with van der Waals surface area (Å²) in [6.45, 7) is 7.61. The number of fused-ring (bicyclic) bond motifs is 1. The molecule has 0 spiro atoms. The minimum absolute atomic E-state index is 0.212. The van der Waals surface area contributed by atoms with Crippen molar-refractivity contribution < 1.29 is 9.53 Å². The smallest absolute Gasteiger partial charge is 0.303 e. The molecule has 0 bridgehead atoms. The lowest BCUT2D eigenvalue weighted by Gasteiger charge is -2.39. The third-order valence-corrected chi connectivity index (χ3v) is 3.89. The molecule has 0 amide bonds. The zero-order valence-electron chi connectivity index (χ0n) is 11.2. The van der Waals surface area contributed by atoms with E-state index in [0.717, 1.165) is 11.8 Å². The Bertz CT molecular complexity index is 376. The quantitative estimate of drug-likeness (QED) is 0.552.